The predicted molar refractivity (Wildman–Crippen MR) is 68.0 cm³/mol. The van der Waals surface area contributed by atoms with Crippen LogP contribution in [0.5, 0.6) is 0 Å². The first kappa shape index (κ1) is 14.6. The Labute approximate surface area is 106 Å². The van der Waals surface area contributed by atoms with Gasteiger partial charge in [0.1, 0.15) is 0 Å². The van der Waals surface area contributed by atoms with Gasteiger partial charge in [0, 0.05) is 6.04 Å². The Bertz CT molecular complexity index is 525. The first-order chi connectivity index (χ1) is 8.21. The molecule has 0 fully saturated rings. The van der Waals surface area contributed by atoms with Crippen molar-refractivity contribution in [3.8, 4) is 0 Å². The Balaban J connectivity index is 2.83. The number of hydrogen-bond acceptors (Lipinski definition) is 4. The SMILES string of the molecule is CC(NC(C)c1ccc(S(N)(=O)=O)cc1)C(N)=O. The maximum atomic E-state index is 11.1. The van der Waals surface area contributed by atoms with E-state index < -0.39 is 22.0 Å². The molecule has 7 heteroatoms. The maximum absolute atomic E-state index is 11.1. The fraction of sp³-hybridized carbons (Fsp3) is 0.364. The molecular formula is C11H17N3O3S. The van der Waals surface area contributed by atoms with E-state index in [1.54, 1.807) is 19.1 Å². The first-order valence-electron chi connectivity index (χ1n) is 5.40. The normalized spacial score (nSPS) is 15.1. The largest absolute Gasteiger partial charge is 0.368 e. The molecule has 0 heterocycles. The molecule has 6 nitrogen and oxygen atoms in total. The molecule has 0 bridgehead atoms. The molecule has 0 aromatic heterocycles. The van der Waals surface area contributed by atoms with E-state index in [1.807, 2.05) is 6.92 Å². The molecule has 0 aliphatic heterocycles. The van der Waals surface area contributed by atoms with Crippen molar-refractivity contribution in [3.63, 3.8) is 0 Å². The molecule has 0 spiro atoms. The number of hydrogen-bond donors (Lipinski definition) is 3. The van der Waals surface area contributed by atoms with Crippen LogP contribution in [-0.2, 0) is 14.8 Å². The minimum Gasteiger partial charge on any atom is -0.368 e. The summed E-state index contributed by atoms with van der Waals surface area (Å²) in [5.41, 5.74) is 5.99. The smallest absolute Gasteiger partial charge is 0.238 e. The van der Waals surface area contributed by atoms with Crippen LogP contribution in [-0.4, -0.2) is 20.4 Å². The number of benzene rings is 1. The zero-order chi connectivity index (χ0) is 13.9. The minimum absolute atomic E-state index is 0.0569. The van der Waals surface area contributed by atoms with Gasteiger partial charge in [-0.25, -0.2) is 13.6 Å². The molecule has 2 unspecified atom stereocenters. The Hall–Kier alpha value is -1.44. The lowest BCUT2D eigenvalue weighted by Crippen LogP contribution is -2.40. The van der Waals surface area contributed by atoms with Gasteiger partial charge in [0.25, 0.3) is 0 Å². The number of nitrogens with one attached hydrogen (secondary N) is 1. The average Bonchev–Trinajstić information content (AvgIpc) is 2.27. The Morgan fingerprint density at radius 3 is 2.11 bits per heavy atom. The van der Waals surface area contributed by atoms with E-state index in [4.69, 9.17) is 10.9 Å². The highest BCUT2D eigenvalue weighted by Crippen LogP contribution is 2.15. The van der Waals surface area contributed by atoms with E-state index >= 15 is 0 Å². The van der Waals surface area contributed by atoms with Crippen LogP contribution in [0.15, 0.2) is 29.2 Å². The fourth-order valence-corrected chi connectivity index (χ4v) is 2.01. The highest BCUT2D eigenvalue weighted by molar-refractivity contribution is 7.89. The summed E-state index contributed by atoms with van der Waals surface area (Å²) in [7, 11) is -3.68. The highest BCUT2D eigenvalue weighted by atomic mass is 32.2. The standard InChI is InChI=1S/C11H17N3O3S/c1-7(14-8(2)11(12)15)9-3-5-10(6-4-9)18(13,16)17/h3-8,14H,1-2H3,(H2,12,15)(H2,13,16,17). The van der Waals surface area contributed by atoms with E-state index in [2.05, 4.69) is 5.32 Å². The average molecular weight is 271 g/mol. The van der Waals surface area contributed by atoms with Gasteiger partial charge in [-0.15, -0.1) is 0 Å². The number of carbonyl (C=O) groups excluding carboxylic acids is 1. The van der Waals surface area contributed by atoms with Crippen LogP contribution in [0.2, 0.25) is 0 Å². The van der Waals surface area contributed by atoms with Crippen LogP contribution in [0.3, 0.4) is 0 Å². The molecule has 0 saturated heterocycles. The summed E-state index contributed by atoms with van der Waals surface area (Å²) in [6.45, 7) is 3.52. The van der Waals surface area contributed by atoms with Crippen molar-refractivity contribution in [2.75, 3.05) is 0 Å². The van der Waals surface area contributed by atoms with E-state index in [0.717, 1.165) is 5.56 Å². The molecule has 0 aliphatic rings. The quantitative estimate of drug-likeness (QED) is 0.691. The Morgan fingerprint density at radius 2 is 1.72 bits per heavy atom. The predicted octanol–water partition coefficient (Wildman–Crippen LogP) is -0.142. The summed E-state index contributed by atoms with van der Waals surface area (Å²) in [5, 5.41) is 8.00. The summed E-state index contributed by atoms with van der Waals surface area (Å²) >= 11 is 0. The van der Waals surface area contributed by atoms with Gasteiger partial charge in [-0.3, -0.25) is 10.1 Å². The van der Waals surface area contributed by atoms with Gasteiger partial charge in [-0.2, -0.15) is 0 Å². The monoisotopic (exact) mass is 271 g/mol. The molecule has 0 aliphatic carbocycles. The van der Waals surface area contributed by atoms with Gasteiger partial charge < -0.3 is 5.73 Å². The maximum Gasteiger partial charge on any atom is 0.238 e. The van der Waals surface area contributed by atoms with Crippen LogP contribution in [0.4, 0.5) is 0 Å². The van der Waals surface area contributed by atoms with Gasteiger partial charge >= 0.3 is 0 Å². The second-order valence-corrected chi connectivity index (χ2v) is 5.69. The van der Waals surface area contributed by atoms with E-state index in [0.29, 0.717) is 0 Å². The van der Waals surface area contributed by atoms with Crippen LogP contribution in [0.1, 0.15) is 25.5 Å². The number of primary amides is 1. The third-order valence-electron chi connectivity index (χ3n) is 2.64. The van der Waals surface area contributed by atoms with Crippen molar-refractivity contribution < 1.29 is 13.2 Å². The number of carbonyl (C=O) groups is 1. The van der Waals surface area contributed by atoms with Crippen LogP contribution in [0, 0.1) is 0 Å². The topological polar surface area (TPSA) is 115 Å². The van der Waals surface area contributed by atoms with E-state index in [9.17, 15) is 13.2 Å². The van der Waals surface area contributed by atoms with Crippen molar-refractivity contribution >= 4 is 15.9 Å². The lowest BCUT2D eigenvalue weighted by Gasteiger charge is -2.18. The van der Waals surface area contributed by atoms with Gasteiger partial charge in [-0.1, -0.05) is 12.1 Å². The van der Waals surface area contributed by atoms with E-state index in [-0.39, 0.29) is 10.9 Å². The molecular weight excluding hydrogens is 254 g/mol. The number of primary sulfonamides is 1. The molecule has 1 aromatic carbocycles. The summed E-state index contributed by atoms with van der Waals surface area (Å²) < 4.78 is 22.2. The zero-order valence-corrected chi connectivity index (χ0v) is 11.1. The molecule has 100 valence electrons. The highest BCUT2D eigenvalue weighted by Gasteiger charge is 2.14. The second kappa shape index (κ2) is 5.47. The van der Waals surface area contributed by atoms with Crippen LogP contribution < -0.4 is 16.2 Å². The van der Waals surface area contributed by atoms with Crippen LogP contribution in [0.25, 0.3) is 0 Å². The fourth-order valence-electron chi connectivity index (χ4n) is 1.50. The third-order valence-corrected chi connectivity index (χ3v) is 3.56. The number of sulfonamides is 1. The molecule has 1 rings (SSSR count). The molecule has 5 N–H and O–H groups in total. The molecule has 1 aromatic rings. The second-order valence-electron chi connectivity index (χ2n) is 4.13. The molecule has 1 amide bonds. The number of amides is 1. The zero-order valence-electron chi connectivity index (χ0n) is 10.3. The molecule has 0 saturated carbocycles. The van der Waals surface area contributed by atoms with Gasteiger partial charge in [0.2, 0.25) is 15.9 Å². The Morgan fingerprint density at radius 1 is 1.22 bits per heavy atom. The molecule has 18 heavy (non-hydrogen) atoms. The lowest BCUT2D eigenvalue weighted by atomic mass is 10.1. The summed E-state index contributed by atoms with van der Waals surface area (Å²) in [5.74, 6) is -0.442. The van der Waals surface area contributed by atoms with Crippen molar-refractivity contribution in [1.29, 1.82) is 0 Å². The van der Waals surface area contributed by atoms with E-state index in [1.165, 1.54) is 12.1 Å². The summed E-state index contributed by atoms with van der Waals surface area (Å²) in [6.07, 6.45) is 0. The first-order valence-corrected chi connectivity index (χ1v) is 6.94. The van der Waals surface area contributed by atoms with Crippen molar-refractivity contribution in [2.24, 2.45) is 10.9 Å². The molecule has 0 radical (unpaired) electrons. The third kappa shape index (κ3) is 3.80. The van der Waals surface area contributed by atoms with Crippen molar-refractivity contribution in [1.82, 2.24) is 5.32 Å². The van der Waals surface area contributed by atoms with Crippen molar-refractivity contribution in [2.45, 2.75) is 30.8 Å². The van der Waals surface area contributed by atoms with Gasteiger partial charge in [-0.05, 0) is 31.5 Å². The molecule has 2 atom stereocenters. The Kier molecular flexibility index (Phi) is 4.44. The number of rotatable bonds is 5. The van der Waals surface area contributed by atoms with Crippen molar-refractivity contribution in [3.05, 3.63) is 29.8 Å². The lowest BCUT2D eigenvalue weighted by molar-refractivity contribution is -0.119. The van der Waals surface area contributed by atoms with Crippen LogP contribution >= 0.6 is 0 Å². The minimum atomic E-state index is -3.68. The summed E-state index contributed by atoms with van der Waals surface area (Å²) in [4.78, 5) is 11.0. The van der Waals surface area contributed by atoms with Gasteiger partial charge in [0.05, 0.1) is 10.9 Å². The van der Waals surface area contributed by atoms with Gasteiger partial charge in [0.15, 0.2) is 0 Å². The summed E-state index contributed by atoms with van der Waals surface area (Å²) in [6, 6.07) is 5.56. The number of nitrogens with two attached hydrogens (primary N) is 2.